The first-order chi connectivity index (χ1) is 10.1. The van der Waals surface area contributed by atoms with E-state index in [0.29, 0.717) is 11.5 Å². The number of hydrazine groups is 1. The number of imidazole rings is 1. The summed E-state index contributed by atoms with van der Waals surface area (Å²) in [6.45, 7) is 2.58. The van der Waals surface area contributed by atoms with Crippen LogP contribution < -0.4 is 11.3 Å². The molecule has 116 valence electrons. The van der Waals surface area contributed by atoms with Gasteiger partial charge in [-0.15, -0.1) is 11.3 Å². The SMILES string of the molecule is CCC1CCCCN1S(=O)(=O)c1c(NN)nc2sccn12. The number of nitrogen functional groups attached to an aromatic ring is 1. The quantitative estimate of drug-likeness (QED) is 0.657. The maximum atomic E-state index is 13.1. The Morgan fingerprint density at radius 1 is 1.52 bits per heavy atom. The number of nitrogens with zero attached hydrogens (tertiary/aromatic N) is 3. The van der Waals surface area contributed by atoms with Crippen LogP contribution in [0.15, 0.2) is 16.6 Å². The number of hydrogen-bond donors (Lipinski definition) is 2. The second-order valence-electron chi connectivity index (χ2n) is 5.14. The van der Waals surface area contributed by atoms with Crippen LogP contribution in [0, 0.1) is 0 Å². The van der Waals surface area contributed by atoms with Crippen molar-refractivity contribution in [2.24, 2.45) is 5.84 Å². The summed E-state index contributed by atoms with van der Waals surface area (Å²) >= 11 is 1.38. The van der Waals surface area contributed by atoms with E-state index in [2.05, 4.69) is 10.4 Å². The fourth-order valence-electron chi connectivity index (χ4n) is 2.91. The minimum Gasteiger partial charge on any atom is -0.306 e. The molecule has 0 aliphatic carbocycles. The molecule has 0 saturated carbocycles. The van der Waals surface area contributed by atoms with E-state index in [1.807, 2.05) is 12.3 Å². The van der Waals surface area contributed by atoms with Crippen molar-refractivity contribution in [3.05, 3.63) is 11.6 Å². The van der Waals surface area contributed by atoms with Crippen LogP contribution in [0.2, 0.25) is 0 Å². The van der Waals surface area contributed by atoms with Crippen molar-refractivity contribution in [3.63, 3.8) is 0 Å². The van der Waals surface area contributed by atoms with E-state index in [1.54, 1.807) is 14.9 Å². The summed E-state index contributed by atoms with van der Waals surface area (Å²) in [7, 11) is -3.62. The van der Waals surface area contributed by atoms with E-state index in [1.165, 1.54) is 11.3 Å². The van der Waals surface area contributed by atoms with Gasteiger partial charge in [0.2, 0.25) is 5.03 Å². The van der Waals surface area contributed by atoms with Crippen LogP contribution in [0.5, 0.6) is 0 Å². The third-order valence-corrected chi connectivity index (χ3v) is 6.69. The first-order valence-corrected chi connectivity index (χ1v) is 9.35. The second-order valence-corrected chi connectivity index (χ2v) is 7.82. The highest BCUT2D eigenvalue weighted by Gasteiger charge is 2.36. The lowest BCUT2D eigenvalue weighted by Crippen LogP contribution is -2.43. The summed E-state index contributed by atoms with van der Waals surface area (Å²) in [5, 5.41) is 1.96. The maximum absolute atomic E-state index is 13.1. The molecule has 7 nitrogen and oxygen atoms in total. The van der Waals surface area contributed by atoms with Crippen LogP contribution in [-0.2, 0) is 10.0 Å². The van der Waals surface area contributed by atoms with E-state index in [9.17, 15) is 8.42 Å². The summed E-state index contributed by atoms with van der Waals surface area (Å²) in [4.78, 5) is 4.86. The minimum atomic E-state index is -3.62. The van der Waals surface area contributed by atoms with Crippen molar-refractivity contribution in [3.8, 4) is 0 Å². The Labute approximate surface area is 127 Å². The Morgan fingerprint density at radius 2 is 2.33 bits per heavy atom. The average molecular weight is 329 g/mol. The second kappa shape index (κ2) is 5.56. The molecule has 3 heterocycles. The molecule has 9 heteroatoms. The van der Waals surface area contributed by atoms with Gasteiger partial charge in [-0.25, -0.2) is 14.3 Å². The Balaban J connectivity index is 2.12. The maximum Gasteiger partial charge on any atom is 0.263 e. The largest absolute Gasteiger partial charge is 0.306 e. The fraction of sp³-hybridized carbons (Fsp3) is 0.583. The molecule has 1 saturated heterocycles. The number of nitrogens with two attached hydrogens (primary N) is 1. The molecule has 1 unspecified atom stereocenters. The lowest BCUT2D eigenvalue weighted by Gasteiger charge is -2.33. The Bertz CT molecular complexity index is 736. The molecular weight excluding hydrogens is 310 g/mol. The topological polar surface area (TPSA) is 92.7 Å². The molecule has 0 aromatic carbocycles. The van der Waals surface area contributed by atoms with Crippen LogP contribution in [0.25, 0.3) is 4.96 Å². The monoisotopic (exact) mass is 329 g/mol. The first kappa shape index (κ1) is 14.8. The number of rotatable bonds is 4. The van der Waals surface area contributed by atoms with Crippen LogP contribution in [-0.4, -0.2) is 34.7 Å². The number of aromatic nitrogens is 2. The van der Waals surface area contributed by atoms with Gasteiger partial charge in [0.15, 0.2) is 10.8 Å². The predicted molar refractivity (Wildman–Crippen MR) is 82.7 cm³/mol. The zero-order valence-corrected chi connectivity index (χ0v) is 13.5. The van der Waals surface area contributed by atoms with Crippen molar-refractivity contribution in [1.82, 2.24) is 13.7 Å². The Kier molecular flexibility index (Phi) is 3.91. The van der Waals surface area contributed by atoms with Gasteiger partial charge in [0.05, 0.1) is 0 Å². The molecule has 0 bridgehead atoms. The Morgan fingerprint density at radius 3 is 3.05 bits per heavy atom. The standard InChI is InChI=1S/C12H19N5O2S2/c1-2-9-5-3-4-6-17(9)21(18,19)11-10(15-13)14-12-16(11)7-8-20-12/h7-9,15H,2-6,13H2,1H3. The van der Waals surface area contributed by atoms with Gasteiger partial charge in [-0.1, -0.05) is 13.3 Å². The number of sulfonamides is 1. The van der Waals surface area contributed by atoms with Gasteiger partial charge >= 0.3 is 0 Å². The lowest BCUT2D eigenvalue weighted by atomic mass is 10.0. The van der Waals surface area contributed by atoms with E-state index in [0.717, 1.165) is 25.7 Å². The van der Waals surface area contributed by atoms with Gasteiger partial charge in [0.1, 0.15) is 0 Å². The predicted octanol–water partition coefficient (Wildman–Crippen LogP) is 1.63. The van der Waals surface area contributed by atoms with E-state index >= 15 is 0 Å². The smallest absolute Gasteiger partial charge is 0.263 e. The molecule has 0 radical (unpaired) electrons. The third kappa shape index (κ3) is 2.33. The fourth-order valence-corrected chi connectivity index (χ4v) is 5.67. The molecule has 21 heavy (non-hydrogen) atoms. The van der Waals surface area contributed by atoms with Crippen molar-refractivity contribution in [2.75, 3.05) is 12.0 Å². The summed E-state index contributed by atoms with van der Waals surface area (Å²) in [6, 6.07) is 0.0542. The molecule has 1 atom stereocenters. The molecule has 1 aliphatic heterocycles. The number of hydrogen-bond acceptors (Lipinski definition) is 6. The van der Waals surface area contributed by atoms with Gasteiger partial charge in [-0.3, -0.25) is 4.40 Å². The van der Waals surface area contributed by atoms with E-state index < -0.39 is 10.0 Å². The highest BCUT2D eigenvalue weighted by atomic mass is 32.2. The van der Waals surface area contributed by atoms with Crippen molar-refractivity contribution in [1.29, 1.82) is 0 Å². The van der Waals surface area contributed by atoms with E-state index in [-0.39, 0.29) is 16.9 Å². The molecule has 0 amide bonds. The van der Waals surface area contributed by atoms with Crippen molar-refractivity contribution >= 4 is 32.1 Å². The first-order valence-electron chi connectivity index (χ1n) is 7.03. The number of fused-ring (bicyclic) bond motifs is 1. The Hall–Kier alpha value is -1.16. The van der Waals surface area contributed by atoms with Gasteiger partial charge in [0, 0.05) is 24.2 Å². The molecule has 2 aromatic heterocycles. The molecule has 0 spiro atoms. The van der Waals surface area contributed by atoms with E-state index in [4.69, 9.17) is 5.84 Å². The molecule has 2 aromatic rings. The summed E-state index contributed by atoms with van der Waals surface area (Å²) in [6.07, 6.45) is 5.41. The van der Waals surface area contributed by atoms with Gasteiger partial charge in [-0.2, -0.15) is 9.29 Å². The average Bonchev–Trinajstić information content (AvgIpc) is 3.06. The van der Waals surface area contributed by atoms with Crippen LogP contribution in [0.1, 0.15) is 32.6 Å². The van der Waals surface area contributed by atoms with Gasteiger partial charge in [-0.05, 0) is 19.3 Å². The van der Waals surface area contributed by atoms with Gasteiger partial charge < -0.3 is 5.43 Å². The van der Waals surface area contributed by atoms with Crippen LogP contribution >= 0.6 is 11.3 Å². The number of nitrogens with one attached hydrogen (secondary N) is 1. The molecule has 3 rings (SSSR count). The number of anilines is 1. The normalized spacial score (nSPS) is 21.0. The molecule has 1 fully saturated rings. The summed E-state index contributed by atoms with van der Waals surface area (Å²) in [5.41, 5.74) is 2.42. The third-order valence-electron chi connectivity index (χ3n) is 3.95. The summed E-state index contributed by atoms with van der Waals surface area (Å²) < 4.78 is 29.4. The van der Waals surface area contributed by atoms with Crippen molar-refractivity contribution in [2.45, 2.75) is 43.7 Å². The lowest BCUT2D eigenvalue weighted by molar-refractivity contribution is 0.246. The molecule has 3 N–H and O–H groups in total. The van der Waals surface area contributed by atoms with Crippen LogP contribution in [0.3, 0.4) is 0 Å². The number of thiazole rings is 1. The molecular formula is C12H19N5O2S2. The van der Waals surface area contributed by atoms with Gasteiger partial charge in [0.25, 0.3) is 10.0 Å². The number of piperidine rings is 1. The highest BCUT2D eigenvalue weighted by Crippen LogP contribution is 2.32. The van der Waals surface area contributed by atoms with Crippen LogP contribution in [0.4, 0.5) is 5.82 Å². The summed E-state index contributed by atoms with van der Waals surface area (Å²) in [5.74, 6) is 5.67. The molecule has 1 aliphatic rings. The van der Waals surface area contributed by atoms with Crippen molar-refractivity contribution < 1.29 is 8.42 Å². The zero-order chi connectivity index (χ0) is 15.0. The minimum absolute atomic E-state index is 0.0542. The zero-order valence-electron chi connectivity index (χ0n) is 11.8. The highest BCUT2D eigenvalue weighted by molar-refractivity contribution is 7.89.